The van der Waals surface area contributed by atoms with Crippen LogP contribution in [0.1, 0.15) is 33.4 Å². The summed E-state index contributed by atoms with van der Waals surface area (Å²) >= 11 is 0. The minimum absolute atomic E-state index is 0.0966. The van der Waals surface area contributed by atoms with Crippen LogP contribution in [0.2, 0.25) is 0 Å². The van der Waals surface area contributed by atoms with E-state index in [0.29, 0.717) is 29.9 Å². The Labute approximate surface area is 185 Å². The van der Waals surface area contributed by atoms with Crippen LogP contribution in [-0.2, 0) is 24.8 Å². The van der Waals surface area contributed by atoms with Gasteiger partial charge in [-0.1, -0.05) is 6.07 Å². The highest BCUT2D eigenvalue weighted by Gasteiger charge is 2.29. The molecule has 1 aliphatic rings. The molecule has 170 valence electrons. The SMILES string of the molecule is Cc1ccc(NS(=O)(=O)c2c(C)c(C)c(C)c(C)c2C)cc1S(=O)(=O)N1CCOCC1. The number of nitrogens with zero attached hydrogens (tertiary/aromatic N) is 1. The van der Waals surface area contributed by atoms with Crippen LogP contribution in [0.15, 0.2) is 28.0 Å². The molecule has 0 atom stereocenters. The molecule has 0 amide bonds. The summed E-state index contributed by atoms with van der Waals surface area (Å²) in [4.78, 5) is 0.338. The van der Waals surface area contributed by atoms with Gasteiger partial charge in [-0.15, -0.1) is 0 Å². The second kappa shape index (κ2) is 8.54. The molecular weight excluding hydrogens is 436 g/mol. The highest BCUT2D eigenvalue weighted by Crippen LogP contribution is 2.32. The fourth-order valence-electron chi connectivity index (χ4n) is 3.94. The van der Waals surface area contributed by atoms with Gasteiger partial charge in [0.1, 0.15) is 0 Å². The highest BCUT2D eigenvalue weighted by molar-refractivity contribution is 7.92. The summed E-state index contributed by atoms with van der Waals surface area (Å²) in [6.45, 7) is 12.3. The summed E-state index contributed by atoms with van der Waals surface area (Å²) in [7, 11) is -7.67. The molecule has 1 heterocycles. The molecule has 0 radical (unpaired) electrons. The first-order valence-corrected chi connectivity index (χ1v) is 13.1. The number of hydrogen-bond acceptors (Lipinski definition) is 5. The van der Waals surface area contributed by atoms with Gasteiger partial charge in [0.2, 0.25) is 10.0 Å². The maximum absolute atomic E-state index is 13.3. The van der Waals surface area contributed by atoms with Crippen molar-refractivity contribution in [3.8, 4) is 0 Å². The van der Waals surface area contributed by atoms with E-state index in [0.717, 1.165) is 16.7 Å². The van der Waals surface area contributed by atoms with Crippen LogP contribution < -0.4 is 4.72 Å². The molecule has 1 fully saturated rings. The zero-order chi connectivity index (χ0) is 23.1. The second-order valence-electron chi connectivity index (χ2n) is 8.06. The van der Waals surface area contributed by atoms with Gasteiger partial charge in [-0.2, -0.15) is 4.31 Å². The molecule has 1 saturated heterocycles. The van der Waals surface area contributed by atoms with Crippen LogP contribution >= 0.6 is 0 Å². The van der Waals surface area contributed by atoms with Crippen LogP contribution in [0.25, 0.3) is 0 Å². The number of nitrogens with one attached hydrogen (secondary N) is 1. The van der Waals surface area contributed by atoms with Crippen molar-refractivity contribution >= 4 is 25.7 Å². The van der Waals surface area contributed by atoms with Gasteiger partial charge in [0.05, 0.1) is 28.7 Å². The molecule has 1 N–H and O–H groups in total. The topological polar surface area (TPSA) is 92.8 Å². The predicted molar refractivity (Wildman–Crippen MR) is 122 cm³/mol. The molecule has 7 nitrogen and oxygen atoms in total. The Bertz CT molecular complexity index is 1200. The van der Waals surface area contributed by atoms with Crippen molar-refractivity contribution in [1.82, 2.24) is 4.31 Å². The third-order valence-electron chi connectivity index (χ3n) is 6.23. The third kappa shape index (κ3) is 4.37. The summed E-state index contributed by atoms with van der Waals surface area (Å²) in [6, 6.07) is 4.61. The largest absolute Gasteiger partial charge is 0.379 e. The Kier molecular flexibility index (Phi) is 6.53. The number of rotatable bonds is 5. The maximum atomic E-state index is 13.3. The molecule has 0 aromatic heterocycles. The lowest BCUT2D eigenvalue weighted by atomic mass is 9.95. The van der Waals surface area contributed by atoms with E-state index in [1.165, 1.54) is 10.4 Å². The fraction of sp³-hybridized carbons (Fsp3) is 0.455. The molecular formula is C22H30N2O5S2. The van der Waals surface area contributed by atoms with Crippen LogP contribution in [-0.4, -0.2) is 47.4 Å². The molecule has 9 heteroatoms. The number of morpholine rings is 1. The Balaban J connectivity index is 2.04. The standard InChI is InChI=1S/C22H30N2O5S2/c1-14-7-8-20(13-21(14)31(27,28)24-9-11-29-12-10-24)23-30(25,26)22-18(5)16(3)15(2)17(4)19(22)6/h7-8,13,23H,9-12H2,1-6H3. The van der Waals surface area contributed by atoms with Gasteiger partial charge in [0.15, 0.2) is 0 Å². The molecule has 0 unspecified atom stereocenters. The van der Waals surface area contributed by atoms with E-state index >= 15 is 0 Å². The summed E-state index contributed by atoms with van der Waals surface area (Å²) in [5.74, 6) is 0. The maximum Gasteiger partial charge on any atom is 0.262 e. The number of hydrogen-bond donors (Lipinski definition) is 1. The van der Waals surface area contributed by atoms with Crippen molar-refractivity contribution in [1.29, 1.82) is 0 Å². The number of anilines is 1. The lowest BCUT2D eigenvalue weighted by molar-refractivity contribution is 0.0730. The first-order chi connectivity index (χ1) is 14.4. The van der Waals surface area contributed by atoms with Crippen molar-refractivity contribution in [2.75, 3.05) is 31.0 Å². The van der Waals surface area contributed by atoms with Gasteiger partial charge in [-0.25, -0.2) is 16.8 Å². The zero-order valence-corrected chi connectivity index (χ0v) is 20.5. The highest BCUT2D eigenvalue weighted by atomic mass is 32.2. The van der Waals surface area contributed by atoms with Gasteiger partial charge < -0.3 is 4.74 Å². The van der Waals surface area contributed by atoms with Crippen molar-refractivity contribution in [3.63, 3.8) is 0 Å². The van der Waals surface area contributed by atoms with Crippen LogP contribution in [0.3, 0.4) is 0 Å². The molecule has 31 heavy (non-hydrogen) atoms. The number of sulfonamides is 2. The number of aryl methyl sites for hydroxylation is 1. The average molecular weight is 467 g/mol. The second-order valence-corrected chi connectivity index (χ2v) is 11.6. The number of benzene rings is 2. The monoisotopic (exact) mass is 466 g/mol. The molecule has 3 rings (SSSR count). The van der Waals surface area contributed by atoms with E-state index in [2.05, 4.69) is 4.72 Å². The van der Waals surface area contributed by atoms with Crippen LogP contribution in [0, 0.1) is 41.5 Å². The quantitative estimate of drug-likeness (QED) is 0.729. The molecule has 0 spiro atoms. The van der Waals surface area contributed by atoms with Crippen LogP contribution in [0.4, 0.5) is 5.69 Å². The van der Waals surface area contributed by atoms with E-state index in [1.54, 1.807) is 32.9 Å². The van der Waals surface area contributed by atoms with E-state index < -0.39 is 20.0 Å². The van der Waals surface area contributed by atoms with Crippen molar-refractivity contribution < 1.29 is 21.6 Å². The summed E-state index contributed by atoms with van der Waals surface area (Å²) in [5.41, 5.74) is 5.10. The van der Waals surface area contributed by atoms with E-state index in [4.69, 9.17) is 4.74 Å². The summed E-state index contributed by atoms with van der Waals surface area (Å²) < 4.78 is 62.1. The Morgan fingerprint density at radius 3 is 1.87 bits per heavy atom. The minimum atomic E-state index is -3.91. The van der Waals surface area contributed by atoms with Gasteiger partial charge in [0.25, 0.3) is 10.0 Å². The van der Waals surface area contributed by atoms with E-state index in [1.807, 2.05) is 20.8 Å². The average Bonchev–Trinajstić information content (AvgIpc) is 2.72. The lowest BCUT2D eigenvalue weighted by Crippen LogP contribution is -2.40. The fourth-order valence-corrected chi connectivity index (χ4v) is 7.25. The van der Waals surface area contributed by atoms with Gasteiger partial charge in [0, 0.05) is 13.1 Å². The third-order valence-corrected chi connectivity index (χ3v) is 9.92. The Hall–Kier alpha value is -1.94. The molecule has 2 aromatic carbocycles. The van der Waals surface area contributed by atoms with E-state index in [9.17, 15) is 16.8 Å². The normalized spacial score (nSPS) is 15.8. The predicted octanol–water partition coefficient (Wildman–Crippen LogP) is 3.36. The van der Waals surface area contributed by atoms with Gasteiger partial charge >= 0.3 is 0 Å². The first kappa shape index (κ1) is 23.7. The molecule has 0 bridgehead atoms. The van der Waals surface area contributed by atoms with Crippen molar-refractivity contribution in [2.24, 2.45) is 0 Å². The molecule has 0 saturated carbocycles. The lowest BCUT2D eigenvalue weighted by Gasteiger charge is -2.27. The first-order valence-electron chi connectivity index (χ1n) is 10.2. The zero-order valence-electron chi connectivity index (χ0n) is 18.9. The van der Waals surface area contributed by atoms with Crippen molar-refractivity contribution in [3.05, 3.63) is 51.6 Å². The molecule has 2 aromatic rings. The van der Waals surface area contributed by atoms with E-state index in [-0.39, 0.29) is 28.6 Å². The molecule has 1 aliphatic heterocycles. The Morgan fingerprint density at radius 2 is 1.32 bits per heavy atom. The summed E-state index contributed by atoms with van der Waals surface area (Å²) in [5, 5.41) is 0. The van der Waals surface area contributed by atoms with Gasteiger partial charge in [-0.05, 0) is 87.1 Å². The Morgan fingerprint density at radius 1 is 0.806 bits per heavy atom. The number of ether oxygens (including phenoxy) is 1. The van der Waals surface area contributed by atoms with Crippen molar-refractivity contribution in [2.45, 2.75) is 51.3 Å². The summed E-state index contributed by atoms with van der Waals surface area (Å²) in [6.07, 6.45) is 0. The van der Waals surface area contributed by atoms with Gasteiger partial charge in [-0.3, -0.25) is 4.72 Å². The molecule has 0 aliphatic carbocycles. The minimum Gasteiger partial charge on any atom is -0.379 e. The smallest absolute Gasteiger partial charge is 0.262 e. The van der Waals surface area contributed by atoms with Crippen LogP contribution in [0.5, 0.6) is 0 Å².